The van der Waals surface area contributed by atoms with Crippen LogP contribution in [0.5, 0.6) is 0 Å². The van der Waals surface area contributed by atoms with E-state index in [-0.39, 0.29) is 11.9 Å². The van der Waals surface area contributed by atoms with E-state index in [0.29, 0.717) is 5.92 Å². The number of phosphoric ester groups is 1. The number of hydrogen-bond donors (Lipinski definition) is 5. The van der Waals surface area contributed by atoms with Crippen molar-refractivity contribution in [1.82, 2.24) is 10.2 Å². The Morgan fingerprint density at radius 1 is 1.39 bits per heavy atom. The summed E-state index contributed by atoms with van der Waals surface area (Å²) in [6.45, 7) is 4.57. The molecule has 10 nitrogen and oxygen atoms in total. The predicted molar refractivity (Wildman–Crippen MR) is 118 cm³/mol. The molecule has 9 atom stereocenters. The number of rotatable bonds is 9. The smallest absolute Gasteiger partial charge is 0.388 e. The van der Waals surface area contributed by atoms with Crippen molar-refractivity contribution >= 4 is 37.1 Å². The van der Waals surface area contributed by atoms with Crippen LogP contribution in [0.1, 0.15) is 33.1 Å². The second kappa shape index (κ2) is 11.5. The summed E-state index contributed by atoms with van der Waals surface area (Å²) in [5.41, 5.74) is -0.992. The maximum atomic E-state index is 13.0. The molecule has 7 unspecified atom stereocenters. The quantitative estimate of drug-likeness (QED) is 0.222. The Morgan fingerprint density at radius 2 is 2.03 bits per heavy atom. The van der Waals surface area contributed by atoms with Crippen LogP contribution in [0.3, 0.4) is 0 Å². The molecule has 0 bridgehead atoms. The van der Waals surface area contributed by atoms with Crippen LogP contribution in [0, 0.1) is 5.92 Å². The number of nitrogens with one attached hydrogen (secondary N) is 1. The highest BCUT2D eigenvalue weighted by molar-refractivity contribution is 7.99. The van der Waals surface area contributed by atoms with Crippen molar-refractivity contribution in [3.05, 3.63) is 0 Å². The third-order valence-corrected chi connectivity index (χ3v) is 7.50. The molecule has 0 saturated carbocycles. The highest BCUT2D eigenvalue weighted by Crippen LogP contribution is 2.43. The molecular weight excluding hydrogens is 471 g/mol. The molecule has 0 spiro atoms. The minimum atomic E-state index is -4.93. The second-order valence-corrected chi connectivity index (χ2v) is 11.1. The molecule has 0 aromatic rings. The molecule has 2 aliphatic heterocycles. The molecule has 0 radical (unpaired) electrons. The molecule has 13 heteroatoms. The van der Waals surface area contributed by atoms with E-state index in [4.69, 9.17) is 26.1 Å². The average molecular weight is 505 g/mol. The fourth-order valence-corrected chi connectivity index (χ4v) is 5.93. The van der Waals surface area contributed by atoms with E-state index in [1.165, 1.54) is 0 Å². The topological polar surface area (TPSA) is 149 Å². The number of aliphatic hydroxyl groups is 2. The van der Waals surface area contributed by atoms with Gasteiger partial charge in [0.05, 0.1) is 17.5 Å². The van der Waals surface area contributed by atoms with E-state index in [1.54, 1.807) is 13.2 Å². The first-order chi connectivity index (χ1) is 14.4. The molecule has 0 aromatic carbocycles. The SMILES string of the molecule is CCCC1CC(C(=O)N[C@H](C(C)Cl)[C@H]2OC(SC)C(OP(=O)(O)O)C(O)C2O)N(C)C1. The molecule has 182 valence electrons. The molecule has 2 rings (SSSR count). The predicted octanol–water partition coefficient (Wildman–Crippen LogP) is 0.507. The number of hydrogen-bond acceptors (Lipinski definition) is 8. The Balaban J connectivity index is 2.15. The number of likely N-dealkylation sites (N-methyl/N-ethyl adjacent to an activating group) is 1. The summed E-state index contributed by atoms with van der Waals surface area (Å²) >= 11 is 7.38. The van der Waals surface area contributed by atoms with E-state index in [2.05, 4.69) is 16.8 Å². The van der Waals surface area contributed by atoms with Gasteiger partial charge in [-0.05, 0) is 39.0 Å². The maximum Gasteiger partial charge on any atom is 0.470 e. The molecule has 1 amide bonds. The summed E-state index contributed by atoms with van der Waals surface area (Å²) in [6, 6.07) is -1.18. The van der Waals surface area contributed by atoms with Gasteiger partial charge in [-0.15, -0.1) is 23.4 Å². The standard InChI is InChI=1S/C18H34ClN2O8PS/c1-5-6-10-7-11(21(3)8-10)17(24)20-12(9(2)19)15-13(22)14(23)16(18(28-15)31-4)29-30(25,26)27/h9-16,18,22-23H,5-8H2,1-4H3,(H,20,24)(H2,25,26,27)/t9?,10?,11?,12-,13?,14?,15-,16?,18?/m1/s1. The van der Waals surface area contributed by atoms with Crippen LogP contribution in [0.15, 0.2) is 0 Å². The minimum Gasteiger partial charge on any atom is -0.388 e. The summed E-state index contributed by atoms with van der Waals surface area (Å²) in [4.78, 5) is 33.3. The number of phosphoric acid groups is 1. The number of carbonyl (C=O) groups excluding carboxylic acids is 1. The minimum absolute atomic E-state index is 0.238. The molecule has 31 heavy (non-hydrogen) atoms. The van der Waals surface area contributed by atoms with Crippen molar-refractivity contribution in [2.24, 2.45) is 5.92 Å². The molecule has 2 aliphatic rings. The molecule has 2 fully saturated rings. The van der Waals surface area contributed by atoms with E-state index in [9.17, 15) is 19.6 Å². The average Bonchev–Trinajstić information content (AvgIpc) is 3.03. The van der Waals surface area contributed by atoms with Gasteiger partial charge in [0.25, 0.3) is 0 Å². The number of thioether (sulfide) groups is 1. The summed E-state index contributed by atoms with van der Waals surface area (Å²) in [6.07, 6.45) is -1.37. The van der Waals surface area contributed by atoms with E-state index in [0.717, 1.165) is 37.6 Å². The highest BCUT2D eigenvalue weighted by atomic mass is 35.5. The molecular formula is C18H34ClN2O8PS. The van der Waals surface area contributed by atoms with Crippen molar-refractivity contribution < 1.29 is 38.6 Å². The van der Waals surface area contributed by atoms with Crippen LogP contribution in [-0.4, -0.2) is 98.0 Å². The number of amides is 1. The number of carbonyl (C=O) groups is 1. The van der Waals surface area contributed by atoms with Crippen LogP contribution in [0.25, 0.3) is 0 Å². The normalized spacial score (nSPS) is 36.9. The van der Waals surface area contributed by atoms with Gasteiger partial charge in [0, 0.05) is 6.54 Å². The number of aliphatic hydroxyl groups excluding tert-OH is 2. The zero-order chi connectivity index (χ0) is 23.5. The summed E-state index contributed by atoms with van der Waals surface area (Å²) < 4.78 is 21.7. The molecule has 5 N–H and O–H groups in total. The van der Waals surface area contributed by atoms with Crippen LogP contribution in [-0.2, 0) is 18.6 Å². The lowest BCUT2D eigenvalue weighted by atomic mass is 9.92. The molecule has 0 aromatic heterocycles. The Morgan fingerprint density at radius 3 is 2.55 bits per heavy atom. The largest absolute Gasteiger partial charge is 0.470 e. The Bertz CT molecular complexity index is 654. The van der Waals surface area contributed by atoms with Crippen LogP contribution < -0.4 is 5.32 Å². The number of alkyl halides is 1. The van der Waals surface area contributed by atoms with E-state index >= 15 is 0 Å². The number of likely N-dealkylation sites (tertiary alicyclic amines) is 1. The van der Waals surface area contributed by atoms with Gasteiger partial charge in [-0.2, -0.15) is 0 Å². The number of nitrogens with zero attached hydrogens (tertiary/aromatic N) is 1. The fourth-order valence-electron chi connectivity index (χ4n) is 4.37. The van der Waals surface area contributed by atoms with Crippen molar-refractivity contribution in [2.75, 3.05) is 19.8 Å². The fraction of sp³-hybridized carbons (Fsp3) is 0.944. The first-order valence-electron chi connectivity index (χ1n) is 10.3. The lowest BCUT2D eigenvalue weighted by molar-refractivity contribution is -0.201. The van der Waals surface area contributed by atoms with Crippen molar-refractivity contribution in [3.63, 3.8) is 0 Å². The first kappa shape index (κ1) is 27.3. The molecule has 0 aliphatic carbocycles. The van der Waals surface area contributed by atoms with E-state index in [1.807, 2.05) is 11.9 Å². The lowest BCUT2D eigenvalue weighted by Gasteiger charge is -2.45. The van der Waals surface area contributed by atoms with Gasteiger partial charge in [-0.3, -0.25) is 14.2 Å². The zero-order valence-electron chi connectivity index (χ0n) is 18.1. The maximum absolute atomic E-state index is 13.0. The monoisotopic (exact) mass is 504 g/mol. The third kappa shape index (κ3) is 7.02. The Kier molecular flexibility index (Phi) is 10.1. The lowest BCUT2D eigenvalue weighted by Crippen LogP contribution is -2.65. The Hall–Kier alpha value is 0.0600. The van der Waals surface area contributed by atoms with Crippen LogP contribution >= 0.6 is 31.2 Å². The van der Waals surface area contributed by atoms with Gasteiger partial charge in [-0.1, -0.05) is 13.3 Å². The third-order valence-electron chi connectivity index (χ3n) is 5.87. The van der Waals surface area contributed by atoms with Gasteiger partial charge in [-0.25, -0.2) is 4.57 Å². The van der Waals surface area contributed by atoms with E-state index < -0.39 is 49.1 Å². The Labute approximate surface area is 192 Å². The van der Waals surface area contributed by atoms with Crippen molar-refractivity contribution in [2.45, 2.75) is 80.4 Å². The summed E-state index contributed by atoms with van der Waals surface area (Å²) in [7, 11) is -3.04. The van der Waals surface area contributed by atoms with Gasteiger partial charge in [0.1, 0.15) is 29.9 Å². The zero-order valence-corrected chi connectivity index (χ0v) is 20.6. The van der Waals surface area contributed by atoms with Gasteiger partial charge in [0.15, 0.2) is 0 Å². The van der Waals surface area contributed by atoms with Crippen molar-refractivity contribution in [3.8, 4) is 0 Å². The first-order valence-corrected chi connectivity index (χ1v) is 13.6. The van der Waals surface area contributed by atoms with Gasteiger partial charge < -0.3 is 30.1 Å². The van der Waals surface area contributed by atoms with Gasteiger partial charge in [0.2, 0.25) is 5.91 Å². The van der Waals surface area contributed by atoms with Gasteiger partial charge >= 0.3 is 7.82 Å². The molecule has 2 saturated heterocycles. The highest BCUT2D eigenvalue weighted by Gasteiger charge is 2.51. The summed E-state index contributed by atoms with van der Waals surface area (Å²) in [5, 5.41) is 23.4. The van der Waals surface area contributed by atoms with Crippen LogP contribution in [0.2, 0.25) is 0 Å². The van der Waals surface area contributed by atoms with Crippen molar-refractivity contribution in [1.29, 1.82) is 0 Å². The van der Waals surface area contributed by atoms with Crippen LogP contribution in [0.4, 0.5) is 0 Å². The number of ether oxygens (including phenoxy) is 1. The number of halogens is 1. The summed E-state index contributed by atoms with van der Waals surface area (Å²) in [5.74, 6) is 0.195. The second-order valence-electron chi connectivity index (χ2n) is 8.30. The molecule has 2 heterocycles.